The van der Waals surface area contributed by atoms with E-state index < -0.39 is 5.92 Å². The van der Waals surface area contributed by atoms with Gasteiger partial charge in [0.2, 0.25) is 11.8 Å². The van der Waals surface area contributed by atoms with E-state index in [1.807, 2.05) is 24.3 Å². The van der Waals surface area contributed by atoms with Crippen molar-refractivity contribution >= 4 is 46.4 Å². The van der Waals surface area contributed by atoms with Crippen LogP contribution in [0.25, 0.3) is 0 Å². The summed E-state index contributed by atoms with van der Waals surface area (Å²) in [6, 6.07) is 12.7. The summed E-state index contributed by atoms with van der Waals surface area (Å²) in [6.07, 6.45) is 1.10. The second kappa shape index (κ2) is 7.46. The van der Waals surface area contributed by atoms with Crippen LogP contribution in [-0.2, 0) is 16.0 Å². The van der Waals surface area contributed by atoms with Gasteiger partial charge in [0.1, 0.15) is 0 Å². The van der Waals surface area contributed by atoms with E-state index in [1.54, 1.807) is 18.2 Å². The number of halogens is 2. The zero-order valence-electron chi connectivity index (χ0n) is 13.8. The summed E-state index contributed by atoms with van der Waals surface area (Å²) >= 11 is 12.2. The maximum atomic E-state index is 12.5. The summed E-state index contributed by atoms with van der Waals surface area (Å²) < 4.78 is 0. The van der Waals surface area contributed by atoms with Crippen molar-refractivity contribution in [3.8, 4) is 0 Å². The first-order chi connectivity index (χ1) is 12.0. The molecular formula is C19H18Cl2N2O2. The SMILES string of the molecule is CCc1ccc(NC(=O)[C@H]2CC(=O)N(c3cc(Cl)ccc3Cl)C2)cc1. The highest BCUT2D eigenvalue weighted by Crippen LogP contribution is 2.33. The molecule has 3 rings (SSSR count). The van der Waals surface area contributed by atoms with Crippen molar-refractivity contribution in [2.45, 2.75) is 19.8 Å². The van der Waals surface area contributed by atoms with Gasteiger partial charge in [-0.3, -0.25) is 9.59 Å². The van der Waals surface area contributed by atoms with Crippen LogP contribution >= 0.6 is 23.2 Å². The van der Waals surface area contributed by atoms with Gasteiger partial charge in [-0.25, -0.2) is 0 Å². The number of nitrogens with zero attached hydrogens (tertiary/aromatic N) is 1. The van der Waals surface area contributed by atoms with E-state index in [2.05, 4.69) is 12.2 Å². The van der Waals surface area contributed by atoms with Crippen LogP contribution in [0.3, 0.4) is 0 Å². The number of anilines is 2. The fourth-order valence-electron chi connectivity index (χ4n) is 2.88. The van der Waals surface area contributed by atoms with Gasteiger partial charge in [-0.05, 0) is 42.3 Å². The molecule has 0 radical (unpaired) electrons. The van der Waals surface area contributed by atoms with Crippen LogP contribution in [0.2, 0.25) is 10.0 Å². The third kappa shape index (κ3) is 3.97. The first-order valence-corrected chi connectivity index (χ1v) is 8.88. The van der Waals surface area contributed by atoms with Gasteiger partial charge >= 0.3 is 0 Å². The standard InChI is InChI=1S/C19H18Cl2N2O2/c1-2-12-3-6-15(7-4-12)22-19(25)13-9-18(24)23(11-13)17-10-14(20)5-8-16(17)21/h3-8,10,13H,2,9,11H2,1H3,(H,22,25)/t13-/m0/s1. The summed E-state index contributed by atoms with van der Waals surface area (Å²) in [6.45, 7) is 2.37. The summed E-state index contributed by atoms with van der Waals surface area (Å²) in [5.74, 6) is -0.725. The van der Waals surface area contributed by atoms with Crippen molar-refractivity contribution in [3.05, 3.63) is 58.1 Å². The second-order valence-electron chi connectivity index (χ2n) is 6.04. The number of rotatable bonds is 4. The number of hydrogen-bond donors (Lipinski definition) is 1. The molecule has 1 fully saturated rings. The fraction of sp³-hybridized carbons (Fsp3) is 0.263. The number of amides is 2. The predicted molar refractivity (Wildman–Crippen MR) is 101 cm³/mol. The molecule has 4 nitrogen and oxygen atoms in total. The number of aryl methyl sites for hydroxylation is 1. The van der Waals surface area contributed by atoms with Crippen molar-refractivity contribution in [3.63, 3.8) is 0 Å². The second-order valence-corrected chi connectivity index (χ2v) is 6.88. The molecule has 1 atom stereocenters. The third-order valence-electron chi connectivity index (χ3n) is 4.32. The lowest BCUT2D eigenvalue weighted by atomic mass is 10.1. The molecule has 0 unspecified atom stereocenters. The molecule has 2 aromatic rings. The Hall–Kier alpha value is -2.04. The molecule has 2 amide bonds. The summed E-state index contributed by atoms with van der Waals surface area (Å²) in [4.78, 5) is 26.4. The molecule has 1 aliphatic rings. The molecule has 130 valence electrons. The number of hydrogen-bond acceptors (Lipinski definition) is 2. The predicted octanol–water partition coefficient (Wildman–Crippen LogP) is 4.55. The van der Waals surface area contributed by atoms with Crippen molar-refractivity contribution in [2.24, 2.45) is 5.92 Å². The molecule has 0 bridgehead atoms. The van der Waals surface area contributed by atoms with Crippen LogP contribution in [0.1, 0.15) is 18.9 Å². The number of carbonyl (C=O) groups excluding carboxylic acids is 2. The Morgan fingerprint density at radius 2 is 1.92 bits per heavy atom. The van der Waals surface area contributed by atoms with Gasteiger partial charge in [0, 0.05) is 23.7 Å². The van der Waals surface area contributed by atoms with Crippen LogP contribution < -0.4 is 10.2 Å². The van der Waals surface area contributed by atoms with E-state index in [-0.39, 0.29) is 24.8 Å². The Bertz CT molecular complexity index is 806. The van der Waals surface area contributed by atoms with Crippen LogP contribution in [0.5, 0.6) is 0 Å². The highest BCUT2D eigenvalue weighted by Gasteiger charge is 2.36. The Morgan fingerprint density at radius 1 is 1.20 bits per heavy atom. The molecule has 0 spiro atoms. The monoisotopic (exact) mass is 376 g/mol. The molecule has 2 aromatic carbocycles. The van der Waals surface area contributed by atoms with Gasteiger partial charge < -0.3 is 10.2 Å². The average molecular weight is 377 g/mol. The minimum atomic E-state index is -0.423. The minimum Gasteiger partial charge on any atom is -0.326 e. The fourth-order valence-corrected chi connectivity index (χ4v) is 3.26. The smallest absolute Gasteiger partial charge is 0.229 e. The molecule has 6 heteroatoms. The van der Waals surface area contributed by atoms with E-state index in [9.17, 15) is 9.59 Å². The van der Waals surface area contributed by atoms with Gasteiger partial charge in [0.05, 0.1) is 16.6 Å². The lowest BCUT2D eigenvalue weighted by molar-refractivity contribution is -0.122. The van der Waals surface area contributed by atoms with Gasteiger partial charge in [0.25, 0.3) is 0 Å². The van der Waals surface area contributed by atoms with Gasteiger partial charge in [0.15, 0.2) is 0 Å². The topological polar surface area (TPSA) is 49.4 Å². The van der Waals surface area contributed by atoms with Crippen LogP contribution in [0.4, 0.5) is 11.4 Å². The van der Waals surface area contributed by atoms with Crippen LogP contribution in [0, 0.1) is 5.92 Å². The van der Waals surface area contributed by atoms with Crippen LogP contribution in [0.15, 0.2) is 42.5 Å². The van der Waals surface area contributed by atoms with Gasteiger partial charge in [-0.15, -0.1) is 0 Å². The molecule has 0 aliphatic carbocycles. The zero-order valence-corrected chi connectivity index (χ0v) is 15.3. The van der Waals surface area contributed by atoms with Gasteiger partial charge in [-0.2, -0.15) is 0 Å². The Kier molecular flexibility index (Phi) is 5.30. The Balaban J connectivity index is 1.71. The number of carbonyl (C=O) groups is 2. The summed E-state index contributed by atoms with van der Waals surface area (Å²) in [5.41, 5.74) is 2.48. The molecule has 1 aliphatic heterocycles. The van der Waals surface area contributed by atoms with Crippen molar-refractivity contribution in [1.29, 1.82) is 0 Å². The van der Waals surface area contributed by atoms with E-state index in [0.717, 1.165) is 12.1 Å². The molecule has 25 heavy (non-hydrogen) atoms. The quantitative estimate of drug-likeness (QED) is 0.850. The van der Waals surface area contributed by atoms with E-state index >= 15 is 0 Å². The highest BCUT2D eigenvalue weighted by atomic mass is 35.5. The Labute approximate surface area is 156 Å². The lowest BCUT2D eigenvalue weighted by Gasteiger charge is -2.18. The molecule has 1 heterocycles. The zero-order chi connectivity index (χ0) is 18.0. The molecule has 0 saturated carbocycles. The van der Waals surface area contributed by atoms with Crippen molar-refractivity contribution < 1.29 is 9.59 Å². The van der Waals surface area contributed by atoms with E-state index in [1.165, 1.54) is 10.5 Å². The lowest BCUT2D eigenvalue weighted by Crippen LogP contribution is -2.28. The molecule has 1 saturated heterocycles. The normalized spacial score (nSPS) is 17.0. The molecular weight excluding hydrogens is 359 g/mol. The number of benzene rings is 2. The van der Waals surface area contributed by atoms with Crippen LogP contribution in [-0.4, -0.2) is 18.4 Å². The molecule has 0 aromatic heterocycles. The first kappa shape index (κ1) is 17.8. The third-order valence-corrected chi connectivity index (χ3v) is 4.88. The number of nitrogens with one attached hydrogen (secondary N) is 1. The largest absolute Gasteiger partial charge is 0.326 e. The maximum Gasteiger partial charge on any atom is 0.229 e. The Morgan fingerprint density at radius 3 is 2.60 bits per heavy atom. The molecule has 1 N–H and O–H groups in total. The summed E-state index contributed by atoms with van der Waals surface area (Å²) in [5, 5.41) is 3.81. The minimum absolute atomic E-state index is 0.134. The van der Waals surface area contributed by atoms with Crippen molar-refractivity contribution in [1.82, 2.24) is 0 Å². The first-order valence-electron chi connectivity index (χ1n) is 8.13. The summed E-state index contributed by atoms with van der Waals surface area (Å²) in [7, 11) is 0. The van der Waals surface area contributed by atoms with E-state index in [4.69, 9.17) is 23.2 Å². The van der Waals surface area contributed by atoms with Gasteiger partial charge in [-0.1, -0.05) is 42.3 Å². The highest BCUT2D eigenvalue weighted by molar-refractivity contribution is 6.36. The maximum absolute atomic E-state index is 12.5. The average Bonchev–Trinajstić information content (AvgIpc) is 2.99. The van der Waals surface area contributed by atoms with E-state index in [0.29, 0.717) is 15.7 Å². The van der Waals surface area contributed by atoms with Crippen molar-refractivity contribution in [2.75, 3.05) is 16.8 Å².